The zero-order valence-corrected chi connectivity index (χ0v) is 72.9. The molecule has 1 aliphatic carbocycles. The third kappa shape index (κ3) is 29.5. The number of nitrogens with two attached hydrogens (primary N) is 4. The fourth-order valence-corrected chi connectivity index (χ4v) is 17.4. The highest BCUT2D eigenvalue weighted by atomic mass is 35.5. The number of aliphatic imine (C=N–C) groups is 2. The molecule has 0 aromatic heterocycles. The van der Waals surface area contributed by atoms with Crippen LogP contribution in [-0.2, 0) is 30.4 Å². The summed E-state index contributed by atoms with van der Waals surface area (Å²) in [5.74, 6) is 0.489. The zero-order chi connectivity index (χ0) is 87.4. The molecule has 1 saturated carbocycles. The second-order valence-electron chi connectivity index (χ2n) is 33.3. The third-order valence-corrected chi connectivity index (χ3v) is 24.6. The van der Waals surface area contributed by atoms with Gasteiger partial charge in [0.2, 0.25) is 29.5 Å². The second-order valence-corrected chi connectivity index (χ2v) is 33.7. The van der Waals surface area contributed by atoms with Crippen LogP contribution in [0.2, 0.25) is 5.02 Å². The molecule has 7 amide bonds. The van der Waals surface area contributed by atoms with E-state index in [1.165, 1.54) is 63.0 Å². The number of nitrogens with zero attached hydrogens (tertiary/aromatic N) is 6. The lowest BCUT2D eigenvalue weighted by atomic mass is 9.89. The minimum absolute atomic E-state index is 0.00547. The van der Waals surface area contributed by atoms with E-state index < -0.39 is 12.1 Å². The molecule has 8 aromatic carbocycles. The fraction of sp³-hybridized carbons (Fsp3) is 0.424. The van der Waals surface area contributed by atoms with Gasteiger partial charge in [-0.3, -0.25) is 43.5 Å². The number of carbonyl (C=O) groups excluding carboxylic acids is 7. The lowest BCUT2D eigenvalue weighted by Crippen LogP contribution is -2.54. The monoisotopic (exact) mass is 1700 g/mol. The number of likely N-dealkylation sites (tertiary alicyclic amines) is 1. The number of benzene rings is 8. The van der Waals surface area contributed by atoms with Crippen molar-refractivity contribution in [3.63, 3.8) is 0 Å². The average molecular weight is 1700 g/mol. The van der Waals surface area contributed by atoms with Gasteiger partial charge in [0.05, 0.1) is 18.1 Å². The molecular weight excluding hydrogens is 1570 g/mol. The molecule has 5 fully saturated rings. The van der Waals surface area contributed by atoms with E-state index in [4.69, 9.17) is 34.5 Å². The van der Waals surface area contributed by atoms with Gasteiger partial charge in [-0.1, -0.05) is 214 Å². The molecule has 4 saturated heterocycles. The Morgan fingerprint density at radius 3 is 1.54 bits per heavy atom. The first-order chi connectivity index (χ1) is 60.3. The highest BCUT2D eigenvalue weighted by molar-refractivity contribution is 6.30. The van der Waals surface area contributed by atoms with Crippen LogP contribution in [0.1, 0.15) is 159 Å². The molecule has 124 heavy (non-hydrogen) atoms. The first kappa shape index (κ1) is 93.4. The van der Waals surface area contributed by atoms with E-state index in [9.17, 15) is 33.6 Å². The molecule has 0 unspecified atom stereocenters. The van der Waals surface area contributed by atoms with Crippen molar-refractivity contribution in [3.8, 4) is 22.3 Å². The second kappa shape index (κ2) is 49.3. The van der Waals surface area contributed by atoms with Gasteiger partial charge in [-0.25, -0.2) is 0 Å². The van der Waals surface area contributed by atoms with E-state index in [-0.39, 0.29) is 83.5 Å². The SMILES string of the molecule is CC[C@H](CN1CC[C@@H](CNC(=O)c2ccc(-c3ccccc3)cc2)N[C@@H](CCN2CCCCC2)C1=O)c1ccccc1.CNC(=O)[C@H](Cc1ccc2ccccc2c1)N1CC[C@H](CNC(=O)/C=C/c2ccc(Cl)cc2)N[C@@H](CCCN=C(N)N)C1=O.NC(N)=NCCC[C@H]1N[C@@H](CNC(=O)c2ccc(-c3ccccc3)cc2)CCN(CC2CCCCC2)C1=O. The summed E-state index contributed by atoms with van der Waals surface area (Å²) in [6, 6.07) is 65.6. The van der Waals surface area contributed by atoms with Gasteiger partial charge >= 0.3 is 0 Å². The molecule has 4 heterocycles. The number of guanidine groups is 2. The maximum atomic E-state index is 14.0. The summed E-state index contributed by atoms with van der Waals surface area (Å²) < 4.78 is 0. The molecular formula is C99H128ClN17O7. The molecule has 0 bridgehead atoms. The number of carbonyl (C=O) groups is 7. The predicted molar refractivity (Wildman–Crippen MR) is 499 cm³/mol. The van der Waals surface area contributed by atoms with Gasteiger partial charge in [0.25, 0.3) is 11.8 Å². The summed E-state index contributed by atoms with van der Waals surface area (Å²) in [6.45, 7) is 10.8. The molecule has 658 valence electrons. The van der Waals surface area contributed by atoms with Crippen molar-refractivity contribution in [3.05, 3.63) is 245 Å². The van der Waals surface area contributed by atoms with Gasteiger partial charge in [0.1, 0.15) is 6.04 Å². The van der Waals surface area contributed by atoms with Crippen molar-refractivity contribution in [2.24, 2.45) is 38.8 Å². The van der Waals surface area contributed by atoms with Crippen molar-refractivity contribution >= 4 is 81.7 Å². The fourth-order valence-electron chi connectivity index (χ4n) is 17.3. The van der Waals surface area contributed by atoms with Crippen LogP contribution in [0.25, 0.3) is 39.1 Å². The van der Waals surface area contributed by atoms with Gasteiger partial charge < -0.3 is 79.8 Å². The number of halogens is 1. The number of fused-ring (bicyclic) bond motifs is 1. The molecule has 5 aliphatic rings. The summed E-state index contributed by atoms with van der Waals surface area (Å²) in [6.07, 6.45) is 19.9. The minimum atomic E-state index is -0.702. The Kier molecular flexibility index (Phi) is 37.1. The number of hydrogen-bond acceptors (Lipinski definition) is 13. The molecule has 13 rings (SSSR count). The van der Waals surface area contributed by atoms with Gasteiger partial charge in [-0.15, -0.1) is 0 Å². The van der Waals surface area contributed by atoms with Crippen LogP contribution >= 0.6 is 11.6 Å². The molecule has 24 nitrogen and oxygen atoms in total. The number of amides is 7. The molecule has 25 heteroatoms. The van der Waals surface area contributed by atoms with E-state index in [2.05, 4.69) is 123 Å². The van der Waals surface area contributed by atoms with Crippen LogP contribution in [0, 0.1) is 5.92 Å². The first-order valence-corrected chi connectivity index (χ1v) is 45.0. The third-order valence-electron chi connectivity index (χ3n) is 24.3. The van der Waals surface area contributed by atoms with Crippen LogP contribution < -0.4 is 60.2 Å². The van der Waals surface area contributed by atoms with Gasteiger partial charge in [-0.05, 0) is 195 Å². The number of rotatable bonds is 33. The van der Waals surface area contributed by atoms with Crippen molar-refractivity contribution in [2.45, 2.75) is 171 Å². The Labute approximate surface area is 737 Å². The normalized spacial score (nSPS) is 19.5. The number of likely N-dealkylation sites (N-methyl/N-ethyl adjacent to an activating group) is 1. The number of hydrogen-bond donors (Lipinski definition) is 11. The lowest BCUT2D eigenvalue weighted by Gasteiger charge is -2.31. The molecule has 4 aliphatic heterocycles. The quantitative estimate of drug-likeness (QED) is 0.00788. The molecule has 0 spiro atoms. The standard InChI is InChI=1S/C36H46N4O2.C33H40ClN7O3.C30H42N6O2/c1-2-28(29-12-6-3-7-13-29)27-40-25-20-33(38-34(36(40)42)21-24-39-22-10-5-11-23-39)26-37-35(41)32-18-16-31(17-19-32)30-14-8-4-9-15-30;1-37-31(43)29(20-23-8-12-24-5-2-3-6-25(24)19-23)41-18-16-27(40-28(32(41)44)7-4-17-38-33(35)36)21-39-30(42)15-11-22-9-13-26(34)14-10-22;31-30(32)33-18-7-12-27-29(38)36(21-22-8-3-1-4-9-22)19-17-26(35-27)20-34-28(37)25-15-13-24(14-16-25)23-10-5-2-6-11-23/h3-4,6-9,12-19,28,33-34,38H,2,5,10-11,20-27H2,1H3,(H,37,41);2-3,5-6,8-15,19,27-29,40H,4,7,16-18,20-21H2,1H3,(H,37,43)(H,39,42)(H4,35,36,38);2,5-6,10-11,13-16,22,26-27,35H,1,3-4,7-9,12,17-21H2,(H,34,37)(H4,31,32,33)/b;15-11+;/t28-,33+,34+;27-,28+,29+;26-,27-/m111/s1. The van der Waals surface area contributed by atoms with Gasteiger partial charge in [-0.2, -0.15) is 0 Å². The van der Waals surface area contributed by atoms with Crippen molar-refractivity contribution in [2.75, 3.05) is 92.1 Å². The lowest BCUT2D eigenvalue weighted by molar-refractivity contribution is -0.141. The van der Waals surface area contributed by atoms with E-state index in [0.717, 1.165) is 103 Å². The maximum absolute atomic E-state index is 14.0. The minimum Gasteiger partial charge on any atom is -0.370 e. The highest BCUT2D eigenvalue weighted by Gasteiger charge is 2.39. The Balaban J connectivity index is 0.000000181. The summed E-state index contributed by atoms with van der Waals surface area (Å²) in [7, 11) is 1.58. The largest absolute Gasteiger partial charge is 0.370 e. The predicted octanol–water partition coefficient (Wildman–Crippen LogP) is 11.6. The van der Waals surface area contributed by atoms with Gasteiger partial charge in [0, 0.05) is 132 Å². The highest BCUT2D eigenvalue weighted by Crippen LogP contribution is 2.29. The first-order valence-electron chi connectivity index (χ1n) is 44.7. The molecule has 15 N–H and O–H groups in total. The van der Waals surface area contributed by atoms with Crippen molar-refractivity contribution in [1.82, 2.24) is 56.8 Å². The van der Waals surface area contributed by atoms with Crippen LogP contribution in [-0.4, -0.2) is 207 Å². The average Bonchev–Trinajstić information content (AvgIpc) is 1.81. The van der Waals surface area contributed by atoms with E-state index in [0.29, 0.717) is 119 Å². The van der Waals surface area contributed by atoms with Crippen LogP contribution in [0.3, 0.4) is 0 Å². The van der Waals surface area contributed by atoms with Crippen molar-refractivity contribution in [1.29, 1.82) is 0 Å². The van der Waals surface area contributed by atoms with E-state index in [1.807, 2.05) is 140 Å². The molecule has 8 atom stereocenters. The van der Waals surface area contributed by atoms with Crippen molar-refractivity contribution < 1.29 is 33.6 Å². The van der Waals surface area contributed by atoms with Crippen LogP contribution in [0.15, 0.2) is 222 Å². The Morgan fingerprint density at radius 2 is 0.992 bits per heavy atom. The maximum Gasteiger partial charge on any atom is 0.251 e. The number of piperidine rings is 1. The summed E-state index contributed by atoms with van der Waals surface area (Å²) in [4.78, 5) is 110. The Hall–Kier alpha value is -11.3. The Morgan fingerprint density at radius 1 is 0.508 bits per heavy atom. The Bertz CT molecular complexity index is 4770. The topological polar surface area (TPSA) is 345 Å². The van der Waals surface area contributed by atoms with Gasteiger partial charge in [0.15, 0.2) is 11.9 Å². The summed E-state index contributed by atoms with van der Waals surface area (Å²) in [5, 5.41) is 25.4. The number of nitrogens with one attached hydrogen (secondary N) is 7. The smallest absolute Gasteiger partial charge is 0.251 e. The summed E-state index contributed by atoms with van der Waals surface area (Å²) >= 11 is 5.94. The zero-order valence-electron chi connectivity index (χ0n) is 72.1. The van der Waals surface area contributed by atoms with Crippen LogP contribution in [0.5, 0.6) is 0 Å². The van der Waals surface area contributed by atoms with E-state index in [1.54, 1.807) is 30.2 Å². The molecule has 8 aromatic rings. The summed E-state index contributed by atoms with van der Waals surface area (Å²) in [5.41, 5.74) is 30.7. The molecule has 0 radical (unpaired) electrons. The van der Waals surface area contributed by atoms with Crippen LogP contribution in [0.4, 0.5) is 0 Å². The van der Waals surface area contributed by atoms with E-state index >= 15 is 0 Å².